The zero-order valence-electron chi connectivity index (χ0n) is 14.7. The van der Waals surface area contributed by atoms with Gasteiger partial charge >= 0.3 is 5.97 Å². The largest absolute Gasteiger partial charge is 0.497 e. The molecule has 2 heterocycles. The lowest BCUT2D eigenvalue weighted by atomic mass is 10.0. The minimum Gasteiger partial charge on any atom is -0.497 e. The summed E-state index contributed by atoms with van der Waals surface area (Å²) < 4.78 is 10.2. The van der Waals surface area contributed by atoms with Gasteiger partial charge in [0.2, 0.25) is 0 Å². The molecule has 5 heteroatoms. The van der Waals surface area contributed by atoms with Gasteiger partial charge in [-0.15, -0.1) is 0 Å². The van der Waals surface area contributed by atoms with Crippen LogP contribution in [0.5, 0.6) is 11.5 Å². The Balaban J connectivity index is 0.000000186. The molecule has 0 unspecified atom stereocenters. The number of ether oxygens (including phenoxy) is 2. The lowest BCUT2D eigenvalue weighted by molar-refractivity contribution is 0.0701. The van der Waals surface area contributed by atoms with E-state index in [1.807, 2.05) is 36.4 Å². The molecular formula is C22H17NO4. The Labute approximate surface area is 155 Å². The molecule has 0 saturated heterocycles. The number of nitrogens with zero attached hydrogens (tertiary/aromatic N) is 1. The predicted molar refractivity (Wildman–Crippen MR) is 104 cm³/mol. The molecule has 0 saturated carbocycles. The van der Waals surface area contributed by atoms with E-state index in [4.69, 9.17) is 9.47 Å². The van der Waals surface area contributed by atoms with E-state index in [9.17, 15) is 9.90 Å². The first-order chi connectivity index (χ1) is 13.2. The maximum absolute atomic E-state index is 11.6. The van der Waals surface area contributed by atoms with E-state index in [2.05, 4.69) is 11.1 Å². The summed E-state index contributed by atoms with van der Waals surface area (Å²) in [6, 6.07) is 20.6. The molecule has 4 aromatic rings. The van der Waals surface area contributed by atoms with E-state index in [1.54, 1.807) is 31.4 Å². The summed E-state index contributed by atoms with van der Waals surface area (Å²) in [5.74, 6) is 0.705. The second-order valence-electron chi connectivity index (χ2n) is 6.09. The molecule has 0 radical (unpaired) electrons. The SMILES string of the molecule is COc1ccc2nc3ccccc3c(C(=O)O)c2c1.c1ccc2c(c1)CO2. The number of pyridine rings is 1. The molecule has 1 N–H and O–H groups in total. The van der Waals surface area contributed by atoms with Gasteiger partial charge in [-0.05, 0) is 30.3 Å². The molecule has 0 spiro atoms. The maximum atomic E-state index is 11.6. The van der Waals surface area contributed by atoms with Crippen LogP contribution in [0.25, 0.3) is 21.8 Å². The number of carboxylic acid groups (broad SMARTS) is 1. The first-order valence-corrected chi connectivity index (χ1v) is 8.48. The quantitative estimate of drug-likeness (QED) is 0.527. The molecule has 0 atom stereocenters. The van der Waals surface area contributed by atoms with Crippen LogP contribution < -0.4 is 9.47 Å². The fraction of sp³-hybridized carbons (Fsp3) is 0.0909. The van der Waals surface area contributed by atoms with Crippen LogP contribution in [0.3, 0.4) is 0 Å². The van der Waals surface area contributed by atoms with Crippen molar-refractivity contribution in [3.8, 4) is 11.5 Å². The van der Waals surface area contributed by atoms with Crippen molar-refractivity contribution in [2.75, 3.05) is 7.11 Å². The fourth-order valence-electron chi connectivity index (χ4n) is 3.07. The average molecular weight is 359 g/mol. The number of hydrogen-bond donors (Lipinski definition) is 1. The molecule has 5 rings (SSSR count). The molecule has 1 aliphatic heterocycles. The van der Waals surface area contributed by atoms with Crippen LogP contribution in [0.2, 0.25) is 0 Å². The van der Waals surface area contributed by atoms with Crippen LogP contribution in [0.15, 0.2) is 66.7 Å². The summed E-state index contributed by atoms with van der Waals surface area (Å²) >= 11 is 0. The standard InChI is InChI=1S/C15H11NO3.C7H6O/c1-19-9-6-7-13-11(8-9)14(15(17)18)10-4-2-3-5-12(10)16-13;1-2-4-7-6(3-1)5-8-7/h2-8H,1H3,(H,17,18);1-4H,5H2. The van der Waals surface area contributed by atoms with Gasteiger partial charge in [0.05, 0.1) is 23.7 Å². The maximum Gasteiger partial charge on any atom is 0.337 e. The number of aromatic nitrogens is 1. The second-order valence-corrected chi connectivity index (χ2v) is 6.09. The van der Waals surface area contributed by atoms with E-state index in [-0.39, 0.29) is 5.56 Å². The molecule has 3 aromatic carbocycles. The number of carboxylic acids is 1. The van der Waals surface area contributed by atoms with E-state index < -0.39 is 5.97 Å². The molecule has 1 aliphatic rings. The first kappa shape index (κ1) is 16.8. The highest BCUT2D eigenvalue weighted by molar-refractivity contribution is 6.13. The van der Waals surface area contributed by atoms with Gasteiger partial charge < -0.3 is 14.6 Å². The summed E-state index contributed by atoms with van der Waals surface area (Å²) in [6.45, 7) is 0.802. The lowest BCUT2D eigenvalue weighted by Gasteiger charge is -2.18. The van der Waals surface area contributed by atoms with E-state index in [0.29, 0.717) is 27.6 Å². The fourth-order valence-corrected chi connectivity index (χ4v) is 3.07. The predicted octanol–water partition coefficient (Wildman–Crippen LogP) is 4.67. The highest BCUT2D eigenvalue weighted by Gasteiger charge is 2.15. The third-order valence-electron chi connectivity index (χ3n) is 4.46. The van der Waals surface area contributed by atoms with Crippen molar-refractivity contribution in [1.29, 1.82) is 0 Å². The molecule has 0 fully saturated rings. The summed E-state index contributed by atoms with van der Waals surface area (Å²) in [4.78, 5) is 16.0. The molecule has 1 aromatic heterocycles. The van der Waals surface area contributed by atoms with Gasteiger partial charge in [0.25, 0.3) is 0 Å². The number of methoxy groups -OCH3 is 1. The molecule has 5 nitrogen and oxygen atoms in total. The van der Waals surface area contributed by atoms with Crippen LogP contribution >= 0.6 is 0 Å². The summed E-state index contributed by atoms with van der Waals surface area (Å²) in [5, 5.41) is 10.7. The van der Waals surface area contributed by atoms with Crippen LogP contribution in [0, 0.1) is 0 Å². The summed E-state index contributed by atoms with van der Waals surface area (Å²) in [5.41, 5.74) is 2.92. The normalized spacial score (nSPS) is 11.6. The Bertz CT molecular complexity index is 1130. The summed E-state index contributed by atoms with van der Waals surface area (Å²) in [6.07, 6.45) is 0. The van der Waals surface area contributed by atoms with E-state index >= 15 is 0 Å². The Kier molecular flexibility index (Phi) is 4.34. The number of rotatable bonds is 2. The van der Waals surface area contributed by atoms with Crippen LogP contribution in [-0.4, -0.2) is 23.2 Å². The topological polar surface area (TPSA) is 68.7 Å². The number of fused-ring (bicyclic) bond motifs is 3. The highest BCUT2D eigenvalue weighted by Crippen LogP contribution is 2.29. The minimum absolute atomic E-state index is 0.263. The van der Waals surface area contributed by atoms with Crippen molar-refractivity contribution in [3.63, 3.8) is 0 Å². The van der Waals surface area contributed by atoms with Crippen molar-refractivity contribution in [2.24, 2.45) is 0 Å². The zero-order chi connectivity index (χ0) is 18.8. The Hall–Kier alpha value is -3.60. The molecule has 0 bridgehead atoms. The van der Waals surface area contributed by atoms with Gasteiger partial charge in [-0.25, -0.2) is 9.78 Å². The Morgan fingerprint density at radius 1 is 1.00 bits per heavy atom. The van der Waals surface area contributed by atoms with Crippen molar-refractivity contribution in [2.45, 2.75) is 6.61 Å². The van der Waals surface area contributed by atoms with Gasteiger partial charge in [-0.2, -0.15) is 0 Å². The van der Waals surface area contributed by atoms with Crippen molar-refractivity contribution >= 4 is 27.8 Å². The lowest BCUT2D eigenvalue weighted by Crippen LogP contribution is -2.07. The van der Waals surface area contributed by atoms with Crippen LogP contribution in [-0.2, 0) is 6.61 Å². The summed E-state index contributed by atoms with van der Waals surface area (Å²) in [7, 11) is 1.55. The Morgan fingerprint density at radius 3 is 2.37 bits per heavy atom. The molecule has 0 amide bonds. The Morgan fingerprint density at radius 2 is 1.74 bits per heavy atom. The van der Waals surface area contributed by atoms with E-state index in [0.717, 1.165) is 12.4 Å². The molecule has 134 valence electrons. The smallest absolute Gasteiger partial charge is 0.337 e. The highest BCUT2D eigenvalue weighted by atomic mass is 16.5. The third-order valence-corrected chi connectivity index (χ3v) is 4.46. The van der Waals surface area contributed by atoms with Gasteiger partial charge in [0.15, 0.2) is 0 Å². The van der Waals surface area contributed by atoms with Gasteiger partial charge in [0, 0.05) is 16.3 Å². The van der Waals surface area contributed by atoms with E-state index in [1.165, 1.54) is 5.56 Å². The van der Waals surface area contributed by atoms with Crippen molar-refractivity contribution in [3.05, 3.63) is 77.9 Å². The number of hydrogen-bond acceptors (Lipinski definition) is 4. The molecule has 27 heavy (non-hydrogen) atoms. The number of aromatic carboxylic acids is 1. The number of benzene rings is 3. The van der Waals surface area contributed by atoms with Gasteiger partial charge in [-0.1, -0.05) is 36.4 Å². The minimum atomic E-state index is -0.961. The van der Waals surface area contributed by atoms with Crippen molar-refractivity contribution in [1.82, 2.24) is 4.98 Å². The van der Waals surface area contributed by atoms with Crippen LogP contribution in [0.1, 0.15) is 15.9 Å². The first-order valence-electron chi connectivity index (χ1n) is 8.48. The van der Waals surface area contributed by atoms with Gasteiger partial charge in [-0.3, -0.25) is 0 Å². The second kappa shape index (κ2) is 6.96. The third kappa shape index (κ3) is 3.15. The number of carbonyl (C=O) groups is 1. The van der Waals surface area contributed by atoms with Crippen LogP contribution in [0.4, 0.5) is 0 Å². The molecule has 0 aliphatic carbocycles. The monoisotopic (exact) mass is 359 g/mol. The van der Waals surface area contributed by atoms with Crippen molar-refractivity contribution < 1.29 is 19.4 Å². The number of para-hydroxylation sites is 2. The zero-order valence-corrected chi connectivity index (χ0v) is 14.7. The molecular weight excluding hydrogens is 342 g/mol. The average Bonchev–Trinajstić information content (AvgIpc) is 2.67. The van der Waals surface area contributed by atoms with Gasteiger partial charge in [0.1, 0.15) is 18.1 Å².